The monoisotopic (exact) mass is 307 g/mol. The molecule has 3 rings (SSSR count). The van der Waals surface area contributed by atoms with Crippen LogP contribution in [-0.2, 0) is 6.42 Å². The van der Waals surface area contributed by atoms with Gasteiger partial charge < -0.3 is 5.73 Å². The van der Waals surface area contributed by atoms with Gasteiger partial charge in [-0.25, -0.2) is 9.97 Å². The number of nitrogens with two attached hydrogens (primary N) is 1. The van der Waals surface area contributed by atoms with E-state index in [9.17, 15) is 0 Å². The van der Waals surface area contributed by atoms with Crippen LogP contribution in [0.2, 0.25) is 0 Å². The first-order valence-corrected chi connectivity index (χ1v) is 9.22. The maximum Gasteiger partial charge on any atom is 0.190 e. The van der Waals surface area contributed by atoms with Gasteiger partial charge in [0.05, 0.1) is 5.39 Å². The Labute approximate surface area is 128 Å². The van der Waals surface area contributed by atoms with E-state index in [2.05, 4.69) is 18.8 Å². The minimum atomic E-state index is 0.594. The molecule has 1 atom stereocenters. The van der Waals surface area contributed by atoms with Crippen LogP contribution in [0.25, 0.3) is 10.2 Å². The third-order valence-electron chi connectivity index (χ3n) is 3.94. The molecule has 5 heteroatoms. The Kier molecular flexibility index (Phi) is 4.17. The number of hydrogen-bond donors (Lipinski definition) is 1. The van der Waals surface area contributed by atoms with Crippen LogP contribution in [-0.4, -0.2) is 15.7 Å². The summed E-state index contributed by atoms with van der Waals surface area (Å²) in [5, 5.41) is 1.98. The molecule has 0 radical (unpaired) electrons. The van der Waals surface area contributed by atoms with E-state index in [0.717, 1.165) is 21.1 Å². The molecule has 0 aliphatic heterocycles. The van der Waals surface area contributed by atoms with Gasteiger partial charge in [-0.15, -0.1) is 11.3 Å². The minimum Gasteiger partial charge on any atom is -0.383 e. The van der Waals surface area contributed by atoms with E-state index in [1.165, 1.54) is 42.5 Å². The van der Waals surface area contributed by atoms with Gasteiger partial charge in [0.1, 0.15) is 10.6 Å². The maximum atomic E-state index is 6.23. The van der Waals surface area contributed by atoms with Crippen LogP contribution in [0, 0.1) is 0 Å². The standard InChI is InChI=1S/C15H21N3S2/c1-3-4-8-19-15-17-13(16)12-11-9(2)6-5-7-10(11)20-14(12)18-15/h9H,3-8H2,1-2H3,(H2,16,17,18). The van der Waals surface area contributed by atoms with Crippen LogP contribution in [0.3, 0.4) is 0 Å². The Hall–Kier alpha value is -0.810. The first-order valence-electron chi connectivity index (χ1n) is 7.42. The lowest BCUT2D eigenvalue weighted by atomic mass is 9.87. The predicted molar refractivity (Wildman–Crippen MR) is 88.8 cm³/mol. The third kappa shape index (κ3) is 2.53. The summed E-state index contributed by atoms with van der Waals surface area (Å²) in [6.45, 7) is 4.50. The van der Waals surface area contributed by atoms with Gasteiger partial charge in [0.25, 0.3) is 0 Å². The molecule has 0 spiro atoms. The number of nitrogens with zero attached hydrogens (tertiary/aromatic N) is 2. The summed E-state index contributed by atoms with van der Waals surface area (Å²) >= 11 is 3.55. The van der Waals surface area contributed by atoms with Crippen LogP contribution in [0.15, 0.2) is 5.16 Å². The summed E-state index contributed by atoms with van der Waals surface area (Å²) in [6.07, 6.45) is 6.12. The fourth-order valence-corrected chi connectivity index (χ4v) is 5.20. The molecule has 2 N–H and O–H groups in total. The topological polar surface area (TPSA) is 51.8 Å². The van der Waals surface area contributed by atoms with Crippen LogP contribution in [0.1, 0.15) is 55.9 Å². The number of thiophene rings is 1. The highest BCUT2D eigenvalue weighted by molar-refractivity contribution is 7.99. The molecule has 2 aromatic rings. The molecule has 20 heavy (non-hydrogen) atoms. The van der Waals surface area contributed by atoms with Crippen LogP contribution < -0.4 is 5.73 Å². The van der Waals surface area contributed by atoms with Gasteiger partial charge in [0, 0.05) is 10.6 Å². The Morgan fingerprint density at radius 2 is 2.25 bits per heavy atom. The van der Waals surface area contributed by atoms with Gasteiger partial charge in [-0.05, 0) is 37.2 Å². The van der Waals surface area contributed by atoms with E-state index >= 15 is 0 Å². The van der Waals surface area contributed by atoms with E-state index in [4.69, 9.17) is 10.7 Å². The molecule has 0 amide bonds. The summed E-state index contributed by atoms with van der Waals surface area (Å²) in [7, 11) is 0. The largest absolute Gasteiger partial charge is 0.383 e. The van der Waals surface area contributed by atoms with E-state index in [-0.39, 0.29) is 0 Å². The number of unbranched alkanes of at least 4 members (excludes halogenated alkanes) is 1. The lowest BCUT2D eigenvalue weighted by molar-refractivity contribution is 0.602. The first kappa shape index (κ1) is 14.1. The second-order valence-corrected chi connectivity index (χ2v) is 7.65. The van der Waals surface area contributed by atoms with E-state index in [1.54, 1.807) is 11.8 Å². The van der Waals surface area contributed by atoms with Crippen molar-refractivity contribution < 1.29 is 0 Å². The van der Waals surface area contributed by atoms with Crippen molar-refractivity contribution in [2.45, 2.75) is 57.0 Å². The lowest BCUT2D eigenvalue weighted by Gasteiger charge is -2.18. The fraction of sp³-hybridized carbons (Fsp3) is 0.600. The summed E-state index contributed by atoms with van der Waals surface area (Å²) in [4.78, 5) is 11.8. The number of aryl methyl sites for hydroxylation is 1. The number of fused-ring (bicyclic) bond motifs is 3. The molecule has 0 fully saturated rings. The van der Waals surface area contributed by atoms with Crippen LogP contribution in [0.5, 0.6) is 0 Å². The zero-order valence-electron chi connectivity index (χ0n) is 12.1. The Morgan fingerprint density at radius 3 is 3.05 bits per heavy atom. The van der Waals surface area contributed by atoms with Crippen molar-refractivity contribution in [2.24, 2.45) is 0 Å². The second-order valence-electron chi connectivity index (χ2n) is 5.51. The number of rotatable bonds is 4. The molecule has 108 valence electrons. The molecule has 3 nitrogen and oxygen atoms in total. The molecule has 1 aliphatic carbocycles. The molecule has 0 bridgehead atoms. The second kappa shape index (κ2) is 5.90. The highest BCUT2D eigenvalue weighted by Gasteiger charge is 2.24. The molecule has 1 unspecified atom stereocenters. The van der Waals surface area contributed by atoms with Crippen molar-refractivity contribution in [3.05, 3.63) is 10.4 Å². The maximum absolute atomic E-state index is 6.23. The van der Waals surface area contributed by atoms with Crippen molar-refractivity contribution in [1.29, 1.82) is 0 Å². The van der Waals surface area contributed by atoms with Crippen molar-refractivity contribution in [3.63, 3.8) is 0 Å². The summed E-state index contributed by atoms with van der Waals surface area (Å²) in [5.41, 5.74) is 7.66. The highest BCUT2D eigenvalue weighted by Crippen LogP contribution is 2.43. The number of aromatic nitrogens is 2. The van der Waals surface area contributed by atoms with Gasteiger partial charge in [-0.3, -0.25) is 0 Å². The lowest BCUT2D eigenvalue weighted by Crippen LogP contribution is -2.05. The summed E-state index contributed by atoms with van der Waals surface area (Å²) in [5.74, 6) is 2.35. The van der Waals surface area contributed by atoms with E-state index in [1.807, 2.05) is 11.3 Å². The zero-order chi connectivity index (χ0) is 14.1. The summed E-state index contributed by atoms with van der Waals surface area (Å²) in [6, 6.07) is 0. The number of thioether (sulfide) groups is 1. The van der Waals surface area contributed by atoms with Gasteiger partial charge in [0.2, 0.25) is 0 Å². The molecule has 0 saturated heterocycles. The minimum absolute atomic E-state index is 0.594. The molecular weight excluding hydrogens is 286 g/mol. The SMILES string of the molecule is CCCCSc1nc(N)c2c3c(sc2n1)CCCC3C. The molecular formula is C15H21N3S2. The molecule has 2 aromatic heterocycles. The average Bonchev–Trinajstić information content (AvgIpc) is 2.79. The van der Waals surface area contributed by atoms with Crippen molar-refractivity contribution in [1.82, 2.24) is 9.97 Å². The van der Waals surface area contributed by atoms with Crippen molar-refractivity contribution in [2.75, 3.05) is 11.5 Å². The van der Waals surface area contributed by atoms with Crippen molar-refractivity contribution >= 4 is 39.1 Å². The predicted octanol–water partition coefficient (Wildman–Crippen LogP) is 4.61. The van der Waals surface area contributed by atoms with E-state index in [0.29, 0.717) is 11.7 Å². The van der Waals surface area contributed by atoms with Crippen molar-refractivity contribution in [3.8, 4) is 0 Å². The number of nitrogen functional groups attached to an aromatic ring is 1. The van der Waals surface area contributed by atoms with Gasteiger partial charge in [-0.1, -0.05) is 32.0 Å². The number of anilines is 1. The summed E-state index contributed by atoms with van der Waals surface area (Å²) < 4.78 is 0. The molecule has 1 aliphatic rings. The fourth-order valence-electron chi connectivity index (χ4n) is 2.87. The quantitative estimate of drug-likeness (QED) is 0.509. The zero-order valence-corrected chi connectivity index (χ0v) is 13.7. The van der Waals surface area contributed by atoms with Gasteiger partial charge in [-0.2, -0.15) is 0 Å². The van der Waals surface area contributed by atoms with Gasteiger partial charge in [0.15, 0.2) is 5.16 Å². The normalized spacial score (nSPS) is 18.4. The van der Waals surface area contributed by atoms with Crippen LogP contribution in [0.4, 0.5) is 5.82 Å². The Morgan fingerprint density at radius 1 is 1.40 bits per heavy atom. The highest BCUT2D eigenvalue weighted by atomic mass is 32.2. The Bertz CT molecular complexity index is 621. The first-order chi connectivity index (χ1) is 9.70. The third-order valence-corrected chi connectivity index (χ3v) is 6.03. The number of hydrogen-bond acceptors (Lipinski definition) is 5. The van der Waals surface area contributed by atoms with Gasteiger partial charge >= 0.3 is 0 Å². The van der Waals surface area contributed by atoms with Crippen LogP contribution >= 0.6 is 23.1 Å². The average molecular weight is 307 g/mol. The molecule has 0 saturated carbocycles. The Balaban J connectivity index is 2.01. The molecule has 0 aromatic carbocycles. The molecule has 2 heterocycles. The van der Waals surface area contributed by atoms with E-state index < -0.39 is 0 Å². The smallest absolute Gasteiger partial charge is 0.190 e.